The molecule has 2 amide bonds. The van der Waals surface area contributed by atoms with Crippen LogP contribution in [0.5, 0.6) is 0 Å². The number of hydrogen-bond acceptors (Lipinski definition) is 9. The van der Waals surface area contributed by atoms with E-state index in [1.165, 1.54) is 0 Å². The Labute approximate surface area is 271 Å². The number of nitrogens with zero attached hydrogens (tertiary/aromatic N) is 2. The molecule has 0 radical (unpaired) electrons. The molecular formula is C22H24Br4ClN10O4+. The quantitative estimate of drug-likeness (QED) is 0.140. The molecule has 5 heterocycles. The summed E-state index contributed by atoms with van der Waals surface area (Å²) < 4.78 is 4.13. The molecule has 2 aromatic heterocycles. The normalized spacial score (nSPS) is 35.0. The first-order valence-electron chi connectivity index (χ1n) is 12.3. The van der Waals surface area contributed by atoms with Gasteiger partial charge in [-0.2, -0.15) is 0 Å². The van der Waals surface area contributed by atoms with E-state index in [1.807, 2.05) is 0 Å². The Morgan fingerprint density at radius 1 is 1.02 bits per heavy atom. The molecule has 4 aliphatic rings. The maximum Gasteiger partial charge on any atom is 0.348 e. The molecule has 220 valence electrons. The number of aromatic nitrogens is 2. The fraction of sp³-hybridized carbons (Fsp3) is 0.455. The maximum atomic E-state index is 13.1. The fourth-order valence-electron chi connectivity index (χ4n) is 6.83. The van der Waals surface area contributed by atoms with Gasteiger partial charge in [0.05, 0.1) is 29.4 Å². The summed E-state index contributed by atoms with van der Waals surface area (Å²) in [7, 11) is 0. The van der Waals surface area contributed by atoms with Crippen molar-refractivity contribution in [2.24, 2.45) is 34.2 Å². The summed E-state index contributed by atoms with van der Waals surface area (Å²) in [5, 5.41) is 34.1. The molecule has 1 aliphatic carbocycles. The van der Waals surface area contributed by atoms with E-state index in [-0.39, 0.29) is 25.0 Å². The number of fused-ring (bicyclic) bond motifs is 3. The Hall–Kier alpha value is -1.83. The van der Waals surface area contributed by atoms with Crippen molar-refractivity contribution in [1.29, 1.82) is 0 Å². The van der Waals surface area contributed by atoms with Crippen molar-refractivity contribution < 1.29 is 24.4 Å². The molecule has 19 heteroatoms. The first-order chi connectivity index (χ1) is 19.3. The minimum absolute atomic E-state index is 0.00469. The average molecular weight is 848 g/mol. The SMILES string of the molecule is NC1=N[C@H]2[N+]3=C(N)N[C@H](O)[C@@]34[C@H](Cl)[C@@H](CNC(=O)c3cc(Br)c(Br)[nH]3)[C@H](CNC(=O)c3cc(Br)c(Br)[nH]3)[C@H]4[C@@]2(O)N1. The maximum absolute atomic E-state index is 13.1. The van der Waals surface area contributed by atoms with Crippen LogP contribution in [0.4, 0.5) is 0 Å². The lowest BCUT2D eigenvalue weighted by molar-refractivity contribution is -0.623. The Kier molecular flexibility index (Phi) is 7.22. The number of aromatic amines is 2. The van der Waals surface area contributed by atoms with Crippen LogP contribution < -0.4 is 32.7 Å². The second-order valence-corrected chi connectivity index (χ2v) is 14.1. The predicted octanol–water partition coefficient (Wildman–Crippen LogP) is -0.0440. The number of rotatable bonds is 6. The molecular weight excluding hydrogens is 823 g/mol. The van der Waals surface area contributed by atoms with Crippen molar-refractivity contribution in [2.45, 2.75) is 29.0 Å². The Morgan fingerprint density at radius 2 is 1.56 bits per heavy atom. The minimum atomic E-state index is -1.78. The van der Waals surface area contributed by atoms with Gasteiger partial charge in [0.2, 0.25) is 18.1 Å². The number of aliphatic imine (C=N–C) groups is 1. The van der Waals surface area contributed by atoms with E-state index in [0.29, 0.717) is 29.5 Å². The van der Waals surface area contributed by atoms with Crippen LogP contribution in [-0.4, -0.2) is 90.6 Å². The molecule has 1 saturated heterocycles. The summed E-state index contributed by atoms with van der Waals surface area (Å²) in [6, 6.07) is 3.25. The number of halogens is 5. The lowest BCUT2D eigenvalue weighted by Crippen LogP contribution is -2.62. The molecule has 41 heavy (non-hydrogen) atoms. The van der Waals surface area contributed by atoms with Gasteiger partial charge in [-0.25, -0.2) is 14.9 Å². The van der Waals surface area contributed by atoms with Gasteiger partial charge in [0.1, 0.15) is 11.4 Å². The number of guanidine groups is 2. The standard InChI is InChI=1S/C22H23Br4ClN10O4/c23-7-1-9(32-13(7)25)15(38)30-3-5-6(4-31-16(39)10-2-8(24)14(26)33-10)12(27)21-11(5)22(41)17(34-19(28)36-22)37(21)20(29)35-18(21)40/h1-2,5-6,11-12,17-18,40-41H,3-4H2,(H9,28,29,30,31,32,33,34,35,36,38,39)/p+1/t5-,6-,11+,12+,17-,18+,21+,22-/m0/s1. The summed E-state index contributed by atoms with van der Waals surface area (Å²) in [6.07, 6.45) is -2.29. The molecule has 2 aromatic rings. The molecule has 12 N–H and O–H groups in total. The van der Waals surface area contributed by atoms with Crippen molar-refractivity contribution in [3.63, 3.8) is 0 Å². The highest BCUT2D eigenvalue weighted by molar-refractivity contribution is 9.13. The van der Waals surface area contributed by atoms with Gasteiger partial charge in [0, 0.05) is 19.0 Å². The highest BCUT2D eigenvalue weighted by Crippen LogP contribution is 2.61. The zero-order chi connectivity index (χ0) is 29.6. The van der Waals surface area contributed by atoms with Gasteiger partial charge in [-0.15, -0.1) is 11.6 Å². The van der Waals surface area contributed by atoms with Crippen LogP contribution in [0.15, 0.2) is 35.3 Å². The number of aliphatic hydroxyl groups is 2. The summed E-state index contributed by atoms with van der Waals surface area (Å²) in [5.74, 6) is -2.74. The van der Waals surface area contributed by atoms with Crippen LogP contribution in [0.3, 0.4) is 0 Å². The molecule has 1 spiro atoms. The number of nitrogens with two attached hydrogens (primary N) is 2. The molecule has 1 saturated carbocycles. The molecule has 8 atom stereocenters. The molecule has 14 nitrogen and oxygen atoms in total. The van der Waals surface area contributed by atoms with Crippen molar-refractivity contribution >= 4 is 99.1 Å². The number of carbonyl (C=O) groups is 2. The van der Waals surface area contributed by atoms with E-state index < -0.39 is 58.6 Å². The summed E-state index contributed by atoms with van der Waals surface area (Å²) in [4.78, 5) is 36.4. The van der Waals surface area contributed by atoms with Crippen molar-refractivity contribution in [3.8, 4) is 0 Å². The van der Waals surface area contributed by atoms with E-state index >= 15 is 0 Å². The lowest BCUT2D eigenvalue weighted by Gasteiger charge is -2.35. The van der Waals surface area contributed by atoms with Crippen LogP contribution >= 0.6 is 75.3 Å². The number of carbonyl (C=O) groups excluding carboxylic acids is 2. The fourth-order valence-corrected chi connectivity index (χ4v) is 8.78. The van der Waals surface area contributed by atoms with E-state index in [9.17, 15) is 19.8 Å². The van der Waals surface area contributed by atoms with E-state index in [1.54, 1.807) is 16.7 Å². The second kappa shape index (κ2) is 10.1. The van der Waals surface area contributed by atoms with Crippen LogP contribution in [0.1, 0.15) is 21.0 Å². The predicted molar refractivity (Wildman–Crippen MR) is 162 cm³/mol. The van der Waals surface area contributed by atoms with E-state index in [2.05, 4.69) is 99.9 Å². The third kappa shape index (κ3) is 4.19. The Bertz CT molecular complexity index is 1490. The molecule has 2 fully saturated rings. The van der Waals surface area contributed by atoms with Crippen LogP contribution in [-0.2, 0) is 0 Å². The molecule has 0 aromatic carbocycles. The zero-order valence-corrected chi connectivity index (χ0v) is 27.8. The lowest BCUT2D eigenvalue weighted by atomic mass is 9.77. The van der Waals surface area contributed by atoms with Crippen LogP contribution in [0.25, 0.3) is 0 Å². The van der Waals surface area contributed by atoms with Crippen molar-refractivity contribution in [2.75, 3.05) is 13.1 Å². The second-order valence-electron chi connectivity index (χ2n) is 10.3. The van der Waals surface area contributed by atoms with Crippen molar-refractivity contribution in [1.82, 2.24) is 31.2 Å². The van der Waals surface area contributed by atoms with Crippen LogP contribution in [0.2, 0.25) is 0 Å². The summed E-state index contributed by atoms with van der Waals surface area (Å²) in [5.41, 5.74) is 9.75. The zero-order valence-electron chi connectivity index (χ0n) is 20.7. The van der Waals surface area contributed by atoms with Crippen LogP contribution in [0, 0.1) is 17.8 Å². The van der Waals surface area contributed by atoms with Gasteiger partial charge in [0.15, 0.2) is 11.5 Å². The monoisotopic (exact) mass is 843 g/mol. The summed E-state index contributed by atoms with van der Waals surface area (Å²) >= 11 is 20.6. The minimum Gasteiger partial charge on any atom is -0.370 e. The van der Waals surface area contributed by atoms with Gasteiger partial charge in [-0.1, -0.05) is 0 Å². The highest BCUT2D eigenvalue weighted by atomic mass is 79.9. The van der Waals surface area contributed by atoms with Gasteiger partial charge >= 0.3 is 5.96 Å². The van der Waals surface area contributed by atoms with Gasteiger partial charge in [0.25, 0.3) is 11.8 Å². The molecule has 3 aliphatic heterocycles. The number of alkyl halides is 1. The number of nitrogens with one attached hydrogen (secondary N) is 6. The third-order valence-corrected chi connectivity index (χ3v) is 12.6. The number of H-pyrrole nitrogens is 2. The third-order valence-electron chi connectivity index (χ3n) is 8.33. The van der Waals surface area contributed by atoms with Gasteiger partial charge in [-0.05, 0) is 81.8 Å². The number of aliphatic hydroxyl groups excluding tert-OH is 1. The largest absolute Gasteiger partial charge is 0.370 e. The van der Waals surface area contributed by atoms with Gasteiger partial charge < -0.3 is 41.9 Å². The number of amides is 2. The molecule has 0 unspecified atom stereocenters. The first-order valence-corrected chi connectivity index (χ1v) is 15.9. The van der Waals surface area contributed by atoms with E-state index in [4.69, 9.17) is 23.1 Å². The highest BCUT2D eigenvalue weighted by Gasteiger charge is 2.83. The number of hydrogen-bond donors (Lipinski definition) is 10. The van der Waals surface area contributed by atoms with Crippen molar-refractivity contribution in [3.05, 3.63) is 41.7 Å². The van der Waals surface area contributed by atoms with Gasteiger partial charge in [-0.3, -0.25) is 15.3 Å². The Balaban J connectivity index is 1.36. The Morgan fingerprint density at radius 3 is 2.07 bits per heavy atom. The smallest absolute Gasteiger partial charge is 0.348 e. The molecule has 6 rings (SSSR count). The van der Waals surface area contributed by atoms with E-state index in [0.717, 1.165) is 0 Å². The average Bonchev–Trinajstić information content (AvgIpc) is 3.67. The molecule has 0 bridgehead atoms. The topological polar surface area (TPSA) is 222 Å². The first kappa shape index (κ1) is 29.3. The summed E-state index contributed by atoms with van der Waals surface area (Å²) in [6.45, 7) is 0.0805.